The van der Waals surface area contributed by atoms with Crippen molar-refractivity contribution in [2.75, 3.05) is 46.6 Å². The molecule has 0 amide bonds. The average molecular weight is 631 g/mol. The first kappa shape index (κ1) is 32.8. The van der Waals surface area contributed by atoms with Crippen molar-refractivity contribution in [3.63, 3.8) is 0 Å². The number of benzene rings is 1. The molecule has 1 aromatic rings. The Balaban J connectivity index is 1.28. The Morgan fingerprint density at radius 3 is 2.61 bits per heavy atom. The van der Waals surface area contributed by atoms with Crippen molar-refractivity contribution in [2.45, 2.75) is 58.0 Å². The number of aliphatic hydroxyl groups excluding tert-OH is 1. The second-order valence-corrected chi connectivity index (χ2v) is 14.9. The van der Waals surface area contributed by atoms with Gasteiger partial charge in [-0.25, -0.2) is 8.42 Å². The number of Topliss-reactive ketones (excluding diaryl/α,β-unsaturated/α-hetero) is 1. The summed E-state index contributed by atoms with van der Waals surface area (Å²) in [5, 5.41) is 14.5. The molecule has 3 fully saturated rings. The molecule has 2 N–H and O–H groups in total. The number of nitrogens with zero attached hydrogens (tertiary/aromatic N) is 1. The standard InChI is InChI=1S/C33H46N2O8S/c1-22(2)17-35(44(38,39)26-10-12-33(3,40-4)13-11-26)18-30(37)29(14-23-8-6-5-7-9-23)34-16-25(36)20-41-31-24-15-27-28(31)21-43-32(27)42-19-24/h5-12,22,24,27-28,31-32,34,37H,13-21H2,1-4H3/b30-29-. The van der Waals surface area contributed by atoms with E-state index >= 15 is 0 Å². The number of nitrogens with one attached hydrogen (secondary N) is 1. The summed E-state index contributed by atoms with van der Waals surface area (Å²) in [6, 6.07) is 9.53. The number of methoxy groups -OCH3 is 1. The van der Waals surface area contributed by atoms with Crippen molar-refractivity contribution in [1.82, 2.24) is 9.62 Å². The molecule has 2 saturated heterocycles. The zero-order valence-electron chi connectivity index (χ0n) is 26.1. The largest absolute Gasteiger partial charge is 0.509 e. The summed E-state index contributed by atoms with van der Waals surface area (Å²) >= 11 is 0. The van der Waals surface area contributed by atoms with E-state index in [1.807, 2.05) is 51.1 Å². The maximum atomic E-state index is 13.8. The molecule has 2 bridgehead atoms. The lowest BCUT2D eigenvalue weighted by Gasteiger charge is -2.29. The van der Waals surface area contributed by atoms with Gasteiger partial charge in [0.25, 0.3) is 0 Å². The van der Waals surface area contributed by atoms with Crippen LogP contribution in [0.2, 0.25) is 0 Å². The predicted molar refractivity (Wildman–Crippen MR) is 166 cm³/mol. The Hall–Kier alpha value is -2.54. The molecule has 1 aromatic carbocycles. The van der Waals surface area contributed by atoms with Crippen LogP contribution in [0.25, 0.3) is 0 Å². The molecule has 4 aliphatic rings. The number of ether oxygens (including phenoxy) is 4. The lowest BCUT2D eigenvalue weighted by atomic mass is 9.98. The maximum Gasteiger partial charge on any atom is 0.243 e. The molecule has 2 aliphatic carbocycles. The van der Waals surface area contributed by atoms with Crippen LogP contribution in [-0.2, 0) is 40.2 Å². The second-order valence-electron chi connectivity index (χ2n) is 13.0. The monoisotopic (exact) mass is 630 g/mol. The van der Waals surface area contributed by atoms with Gasteiger partial charge in [-0.3, -0.25) is 4.79 Å². The zero-order chi connectivity index (χ0) is 31.5. The summed E-state index contributed by atoms with van der Waals surface area (Å²) in [6.45, 7) is 6.79. The average Bonchev–Trinajstić information content (AvgIpc) is 3.54. The molecular weight excluding hydrogens is 584 g/mol. The number of fused-ring (bicyclic) bond motifs is 1. The third kappa shape index (κ3) is 7.46. The van der Waals surface area contributed by atoms with E-state index in [1.54, 1.807) is 25.3 Å². The van der Waals surface area contributed by atoms with Crippen LogP contribution in [0.1, 0.15) is 39.2 Å². The fourth-order valence-corrected chi connectivity index (χ4v) is 8.16. The van der Waals surface area contributed by atoms with Crippen molar-refractivity contribution in [3.8, 4) is 0 Å². The van der Waals surface area contributed by atoms with Gasteiger partial charge in [-0.2, -0.15) is 4.31 Å². The molecule has 242 valence electrons. The van der Waals surface area contributed by atoms with E-state index < -0.39 is 15.6 Å². The molecule has 11 heteroatoms. The number of sulfonamides is 1. The summed E-state index contributed by atoms with van der Waals surface area (Å²) in [5.41, 5.74) is 0.741. The number of ketones is 1. The highest BCUT2D eigenvalue weighted by molar-refractivity contribution is 7.93. The van der Waals surface area contributed by atoms with Crippen LogP contribution in [-0.4, -0.2) is 88.2 Å². The van der Waals surface area contributed by atoms with Crippen LogP contribution >= 0.6 is 0 Å². The van der Waals surface area contributed by atoms with Gasteiger partial charge in [0.1, 0.15) is 12.4 Å². The molecular formula is C33H46N2O8S. The van der Waals surface area contributed by atoms with Gasteiger partial charge in [-0.15, -0.1) is 0 Å². The van der Waals surface area contributed by atoms with Gasteiger partial charge in [0.05, 0.1) is 48.6 Å². The molecule has 10 nitrogen and oxygen atoms in total. The first-order valence-electron chi connectivity index (χ1n) is 15.5. The summed E-state index contributed by atoms with van der Waals surface area (Å²) in [7, 11) is -2.32. The van der Waals surface area contributed by atoms with Crippen molar-refractivity contribution >= 4 is 15.8 Å². The van der Waals surface area contributed by atoms with E-state index in [0.717, 1.165) is 12.0 Å². The highest BCUT2D eigenvalue weighted by Gasteiger charge is 2.55. The summed E-state index contributed by atoms with van der Waals surface area (Å²) in [5.74, 6) is 0.571. The smallest absolute Gasteiger partial charge is 0.243 e. The molecule has 5 rings (SSSR count). The maximum absolute atomic E-state index is 13.8. The number of allylic oxidation sites excluding steroid dienone is 2. The Bertz CT molecular complexity index is 1380. The highest BCUT2D eigenvalue weighted by atomic mass is 32.2. The van der Waals surface area contributed by atoms with Gasteiger partial charge < -0.3 is 29.4 Å². The predicted octanol–water partition coefficient (Wildman–Crippen LogP) is 3.72. The minimum atomic E-state index is -3.92. The molecule has 0 spiro atoms. The van der Waals surface area contributed by atoms with E-state index in [1.165, 1.54) is 4.31 Å². The Labute approximate surface area is 261 Å². The Morgan fingerprint density at radius 2 is 1.93 bits per heavy atom. The molecule has 2 aliphatic heterocycles. The lowest BCUT2D eigenvalue weighted by Crippen LogP contribution is -2.38. The summed E-state index contributed by atoms with van der Waals surface area (Å²) in [4.78, 5) is 13.2. The number of carbonyl (C=O) groups is 1. The van der Waals surface area contributed by atoms with Crippen LogP contribution in [0.4, 0.5) is 0 Å². The van der Waals surface area contributed by atoms with E-state index in [-0.39, 0.29) is 72.8 Å². The van der Waals surface area contributed by atoms with Crippen LogP contribution in [0.3, 0.4) is 0 Å². The van der Waals surface area contributed by atoms with Crippen molar-refractivity contribution in [2.24, 2.45) is 23.7 Å². The number of aliphatic hydroxyl groups is 1. The highest BCUT2D eigenvalue weighted by Crippen LogP contribution is 2.49. The molecule has 44 heavy (non-hydrogen) atoms. The van der Waals surface area contributed by atoms with E-state index in [2.05, 4.69) is 5.32 Å². The first-order valence-corrected chi connectivity index (χ1v) is 16.9. The molecule has 2 heterocycles. The van der Waals surface area contributed by atoms with E-state index in [9.17, 15) is 18.3 Å². The normalized spacial score (nSPS) is 30.0. The minimum Gasteiger partial charge on any atom is -0.509 e. The Kier molecular flexibility index (Phi) is 10.3. The quantitative estimate of drug-likeness (QED) is 0.279. The number of hydrogen-bond acceptors (Lipinski definition) is 9. The lowest BCUT2D eigenvalue weighted by molar-refractivity contribution is -0.173. The van der Waals surface area contributed by atoms with E-state index in [4.69, 9.17) is 18.9 Å². The fraction of sp³-hybridized carbons (Fsp3) is 0.606. The minimum absolute atomic E-state index is 0.0141. The zero-order valence-corrected chi connectivity index (χ0v) is 26.9. The SMILES string of the molecule is COC1(C)C=CC(S(=O)(=O)N(C/C(O)=C(\Cc2ccccc2)NCC(=O)COC2C3COC4OCC2C4C3)CC(C)C)=CC1. The third-order valence-electron chi connectivity index (χ3n) is 9.10. The number of carbonyl (C=O) groups excluding carboxylic acids is 1. The van der Waals surface area contributed by atoms with Gasteiger partial charge >= 0.3 is 0 Å². The number of rotatable bonds is 15. The van der Waals surface area contributed by atoms with Gasteiger partial charge in [-0.1, -0.05) is 56.3 Å². The van der Waals surface area contributed by atoms with Crippen molar-refractivity contribution in [1.29, 1.82) is 0 Å². The van der Waals surface area contributed by atoms with Crippen LogP contribution in [0, 0.1) is 23.7 Å². The molecule has 1 saturated carbocycles. The topological polar surface area (TPSA) is 124 Å². The fourth-order valence-electron chi connectivity index (χ4n) is 6.54. The third-order valence-corrected chi connectivity index (χ3v) is 11.0. The van der Waals surface area contributed by atoms with Gasteiger partial charge in [0.2, 0.25) is 10.0 Å². The van der Waals surface area contributed by atoms with Gasteiger partial charge in [0, 0.05) is 37.8 Å². The Morgan fingerprint density at radius 1 is 1.18 bits per heavy atom. The molecule has 0 aromatic heterocycles. The van der Waals surface area contributed by atoms with Crippen LogP contribution in [0.15, 0.2) is 64.9 Å². The second kappa shape index (κ2) is 13.8. The summed E-state index contributed by atoms with van der Waals surface area (Å²) in [6.07, 6.45) is 6.49. The van der Waals surface area contributed by atoms with Crippen molar-refractivity contribution < 1.29 is 37.3 Å². The number of hydrogen-bond donors (Lipinski definition) is 2. The van der Waals surface area contributed by atoms with E-state index in [0.29, 0.717) is 37.7 Å². The van der Waals surface area contributed by atoms with Gasteiger partial charge in [-0.05, 0) is 37.3 Å². The van der Waals surface area contributed by atoms with Crippen molar-refractivity contribution in [3.05, 3.63) is 70.5 Å². The molecule has 6 unspecified atom stereocenters. The van der Waals surface area contributed by atoms with Crippen LogP contribution < -0.4 is 5.32 Å². The summed E-state index contributed by atoms with van der Waals surface area (Å²) < 4.78 is 52.0. The first-order chi connectivity index (χ1) is 21.0. The van der Waals surface area contributed by atoms with Gasteiger partial charge in [0.15, 0.2) is 12.1 Å². The molecule has 0 radical (unpaired) electrons. The molecule has 6 atom stereocenters. The van der Waals surface area contributed by atoms with Crippen LogP contribution in [0.5, 0.6) is 0 Å².